The standard InChI is InChI=1S/C24H44O3Si/c1-10-12-19(2)14-15-21-18-23(25-7)27-22(21)17-20(3)13-11-16-26-28(8,9)24(4,5)6/h10,12,17,21-23H,1,11,13-16,18H2,2-9H3/b19-12+,20-17+/t21-,22+,23?/m0/s1. The lowest BCUT2D eigenvalue weighted by molar-refractivity contribution is -0.105. The molecule has 0 aliphatic carbocycles. The highest BCUT2D eigenvalue weighted by Gasteiger charge is 2.37. The van der Waals surface area contributed by atoms with E-state index in [2.05, 4.69) is 66.4 Å². The fourth-order valence-corrected chi connectivity index (χ4v) is 4.38. The molecule has 0 saturated carbocycles. The SMILES string of the molecule is C=C/C=C(\C)CC[C@H]1CC(OC)O[C@@H]1/C=C(\C)CCCO[Si](C)(C)C(C)(C)C. The van der Waals surface area contributed by atoms with Crippen LogP contribution in [0.5, 0.6) is 0 Å². The molecule has 0 amide bonds. The fourth-order valence-electron chi connectivity index (χ4n) is 3.29. The normalized spacial score (nSPS) is 24.6. The van der Waals surface area contributed by atoms with Crippen LogP contribution >= 0.6 is 0 Å². The van der Waals surface area contributed by atoms with Gasteiger partial charge in [-0.2, -0.15) is 0 Å². The van der Waals surface area contributed by atoms with E-state index in [1.807, 2.05) is 6.08 Å². The average molecular weight is 409 g/mol. The Labute approximate surface area is 175 Å². The molecule has 3 nitrogen and oxygen atoms in total. The molecule has 0 spiro atoms. The molecule has 0 N–H and O–H groups in total. The van der Waals surface area contributed by atoms with Crippen LogP contribution in [0.2, 0.25) is 18.1 Å². The van der Waals surface area contributed by atoms with Gasteiger partial charge in [0.15, 0.2) is 14.6 Å². The topological polar surface area (TPSA) is 27.7 Å². The minimum atomic E-state index is -1.64. The molecule has 1 unspecified atom stereocenters. The van der Waals surface area contributed by atoms with Crippen molar-refractivity contribution in [2.45, 2.75) is 97.2 Å². The fraction of sp³-hybridized carbons (Fsp3) is 0.750. The lowest BCUT2D eigenvalue weighted by atomic mass is 9.92. The summed E-state index contributed by atoms with van der Waals surface area (Å²) in [6.45, 7) is 20.5. The largest absolute Gasteiger partial charge is 0.417 e. The van der Waals surface area contributed by atoms with E-state index in [9.17, 15) is 0 Å². The number of allylic oxidation sites excluding steroid dienone is 4. The van der Waals surface area contributed by atoms with E-state index in [0.717, 1.165) is 38.7 Å². The molecule has 1 rings (SSSR count). The summed E-state index contributed by atoms with van der Waals surface area (Å²) in [7, 11) is 0.0986. The molecule has 1 heterocycles. The van der Waals surface area contributed by atoms with Crippen molar-refractivity contribution in [1.29, 1.82) is 0 Å². The van der Waals surface area contributed by atoms with E-state index < -0.39 is 8.32 Å². The summed E-state index contributed by atoms with van der Waals surface area (Å²) >= 11 is 0. The van der Waals surface area contributed by atoms with Crippen LogP contribution in [0.1, 0.15) is 66.7 Å². The first-order valence-corrected chi connectivity index (χ1v) is 13.7. The predicted molar refractivity (Wildman–Crippen MR) is 123 cm³/mol. The van der Waals surface area contributed by atoms with E-state index >= 15 is 0 Å². The zero-order chi connectivity index (χ0) is 21.4. The van der Waals surface area contributed by atoms with Crippen molar-refractivity contribution in [2.75, 3.05) is 13.7 Å². The van der Waals surface area contributed by atoms with Crippen LogP contribution < -0.4 is 0 Å². The molecule has 0 aromatic heterocycles. The highest BCUT2D eigenvalue weighted by molar-refractivity contribution is 6.74. The van der Waals surface area contributed by atoms with Gasteiger partial charge in [-0.25, -0.2) is 0 Å². The van der Waals surface area contributed by atoms with Gasteiger partial charge in [-0.05, 0) is 63.6 Å². The van der Waals surface area contributed by atoms with E-state index in [0.29, 0.717) is 5.92 Å². The van der Waals surface area contributed by atoms with Crippen molar-refractivity contribution in [2.24, 2.45) is 5.92 Å². The first kappa shape index (κ1) is 25.4. The molecule has 3 atom stereocenters. The second-order valence-corrected chi connectivity index (χ2v) is 14.6. The lowest BCUT2D eigenvalue weighted by Crippen LogP contribution is -2.40. The molecule has 1 aliphatic rings. The maximum absolute atomic E-state index is 6.30. The van der Waals surface area contributed by atoms with Crippen molar-refractivity contribution in [1.82, 2.24) is 0 Å². The van der Waals surface area contributed by atoms with Gasteiger partial charge in [0.2, 0.25) is 0 Å². The molecule has 0 bridgehead atoms. The minimum Gasteiger partial charge on any atom is -0.417 e. The van der Waals surface area contributed by atoms with Crippen LogP contribution in [0.25, 0.3) is 0 Å². The van der Waals surface area contributed by atoms with E-state index in [1.54, 1.807) is 7.11 Å². The molecule has 4 heteroatoms. The number of rotatable bonds is 11. The van der Waals surface area contributed by atoms with Crippen LogP contribution in [0, 0.1) is 5.92 Å². The van der Waals surface area contributed by atoms with Crippen molar-refractivity contribution < 1.29 is 13.9 Å². The van der Waals surface area contributed by atoms with Gasteiger partial charge in [0, 0.05) is 20.1 Å². The van der Waals surface area contributed by atoms with Gasteiger partial charge < -0.3 is 13.9 Å². The van der Waals surface area contributed by atoms with Crippen LogP contribution in [-0.2, 0) is 13.9 Å². The number of methoxy groups -OCH3 is 1. The van der Waals surface area contributed by atoms with Crippen molar-refractivity contribution >= 4 is 8.32 Å². The average Bonchev–Trinajstić information content (AvgIpc) is 2.98. The molecular weight excluding hydrogens is 364 g/mol. The van der Waals surface area contributed by atoms with Gasteiger partial charge in [-0.3, -0.25) is 0 Å². The third-order valence-electron chi connectivity index (χ3n) is 6.28. The second kappa shape index (κ2) is 11.5. The Hall–Kier alpha value is -0.683. The smallest absolute Gasteiger partial charge is 0.191 e. The maximum atomic E-state index is 6.30. The van der Waals surface area contributed by atoms with Gasteiger partial charge in [0.1, 0.15) is 0 Å². The number of ether oxygens (including phenoxy) is 2. The Bertz CT molecular complexity index is 543. The Morgan fingerprint density at radius 2 is 1.86 bits per heavy atom. The summed E-state index contributed by atoms with van der Waals surface area (Å²) in [4.78, 5) is 0. The molecule has 1 saturated heterocycles. The Morgan fingerprint density at radius 3 is 2.43 bits per heavy atom. The van der Waals surface area contributed by atoms with E-state index in [-0.39, 0.29) is 17.4 Å². The molecule has 162 valence electrons. The van der Waals surface area contributed by atoms with Gasteiger partial charge in [0.25, 0.3) is 0 Å². The molecule has 0 radical (unpaired) electrons. The molecule has 1 aliphatic heterocycles. The summed E-state index contributed by atoms with van der Waals surface area (Å²) in [6, 6.07) is 0. The highest BCUT2D eigenvalue weighted by Crippen LogP contribution is 2.37. The quantitative estimate of drug-likeness (QED) is 0.159. The van der Waals surface area contributed by atoms with Crippen LogP contribution in [0.15, 0.2) is 36.0 Å². The van der Waals surface area contributed by atoms with Crippen molar-refractivity contribution in [3.05, 3.63) is 36.0 Å². The first-order valence-electron chi connectivity index (χ1n) is 10.8. The van der Waals surface area contributed by atoms with Gasteiger partial charge in [0.05, 0.1) is 6.10 Å². The summed E-state index contributed by atoms with van der Waals surface area (Å²) in [6.07, 6.45) is 11.7. The molecule has 0 aromatic carbocycles. The monoisotopic (exact) mass is 408 g/mol. The Balaban J connectivity index is 2.54. The third kappa shape index (κ3) is 8.36. The Kier molecular flexibility index (Phi) is 10.4. The summed E-state index contributed by atoms with van der Waals surface area (Å²) in [5.41, 5.74) is 2.77. The third-order valence-corrected chi connectivity index (χ3v) is 10.8. The summed E-state index contributed by atoms with van der Waals surface area (Å²) in [5, 5.41) is 0.274. The highest BCUT2D eigenvalue weighted by atomic mass is 28.4. The summed E-state index contributed by atoms with van der Waals surface area (Å²) < 4.78 is 17.9. The predicted octanol–water partition coefficient (Wildman–Crippen LogP) is 7.02. The minimum absolute atomic E-state index is 0.0790. The van der Waals surface area contributed by atoms with Gasteiger partial charge >= 0.3 is 0 Å². The second-order valence-electron chi connectivity index (χ2n) is 9.77. The molecular formula is C24H44O3Si. The summed E-state index contributed by atoms with van der Waals surface area (Å²) in [5.74, 6) is 0.511. The zero-order valence-electron chi connectivity index (χ0n) is 19.6. The van der Waals surface area contributed by atoms with Gasteiger partial charge in [-0.1, -0.05) is 56.7 Å². The van der Waals surface area contributed by atoms with Crippen molar-refractivity contribution in [3.8, 4) is 0 Å². The van der Waals surface area contributed by atoms with Crippen LogP contribution in [0.3, 0.4) is 0 Å². The van der Waals surface area contributed by atoms with E-state index in [1.165, 1.54) is 11.1 Å². The molecule has 28 heavy (non-hydrogen) atoms. The number of hydrogen-bond acceptors (Lipinski definition) is 3. The lowest BCUT2D eigenvalue weighted by Gasteiger charge is -2.36. The van der Waals surface area contributed by atoms with Crippen LogP contribution in [0.4, 0.5) is 0 Å². The maximum Gasteiger partial charge on any atom is 0.191 e. The molecule has 1 fully saturated rings. The van der Waals surface area contributed by atoms with Crippen LogP contribution in [-0.4, -0.2) is 34.4 Å². The first-order chi connectivity index (χ1) is 13.0. The van der Waals surface area contributed by atoms with E-state index in [4.69, 9.17) is 13.9 Å². The Morgan fingerprint density at radius 1 is 1.18 bits per heavy atom. The van der Waals surface area contributed by atoms with Crippen molar-refractivity contribution in [3.63, 3.8) is 0 Å². The number of hydrogen-bond donors (Lipinski definition) is 0. The van der Waals surface area contributed by atoms with Gasteiger partial charge in [-0.15, -0.1) is 0 Å². The zero-order valence-corrected chi connectivity index (χ0v) is 20.6. The molecule has 0 aromatic rings.